The minimum absolute atomic E-state index is 0.350. The van der Waals surface area contributed by atoms with Crippen molar-refractivity contribution in [1.29, 1.82) is 0 Å². The van der Waals surface area contributed by atoms with Gasteiger partial charge in [-0.15, -0.1) is 0 Å². The number of ether oxygens (including phenoxy) is 1. The van der Waals surface area contributed by atoms with E-state index in [1.165, 1.54) is 4.90 Å². The van der Waals surface area contributed by atoms with Crippen LogP contribution in [0.1, 0.15) is 80.5 Å². The summed E-state index contributed by atoms with van der Waals surface area (Å²) in [6, 6.07) is 6.94. The number of likely N-dealkylation sites (N-methyl/N-ethyl adjacent to an activating group) is 1. The summed E-state index contributed by atoms with van der Waals surface area (Å²) >= 11 is 3.67. The molecule has 3 aromatic heterocycles. The van der Waals surface area contributed by atoms with Crippen molar-refractivity contribution >= 4 is 49.4 Å². The maximum absolute atomic E-state index is 13.2. The maximum atomic E-state index is 13.2. The molecule has 1 atom stereocenters. The average molecular weight is 673 g/mol. The molecule has 0 aromatic carbocycles. The molecule has 2 amide bonds. The Bertz CT molecular complexity index is 1540. The number of hydrogen-bond acceptors (Lipinski definition) is 5. The fourth-order valence-corrected chi connectivity index (χ4v) is 10.0. The van der Waals surface area contributed by atoms with Gasteiger partial charge in [0.15, 0.2) is 0 Å². The summed E-state index contributed by atoms with van der Waals surface area (Å²) in [4.78, 5) is 36.7. The van der Waals surface area contributed by atoms with Gasteiger partial charge in [-0.1, -0.05) is 41.5 Å². The Morgan fingerprint density at radius 1 is 1.02 bits per heavy atom. The molecule has 0 fully saturated rings. The molecule has 0 saturated heterocycles. The Morgan fingerprint density at radius 3 is 2.19 bits per heavy atom. The number of nitrogens with one attached hydrogen (secondary N) is 1. The van der Waals surface area contributed by atoms with Crippen LogP contribution >= 0.6 is 26.0 Å². The van der Waals surface area contributed by atoms with E-state index in [1.807, 2.05) is 35.7 Å². The molecule has 0 spiro atoms. The smallest absolute Gasteiger partial charge is 0.410 e. The molecule has 234 valence electrons. The fraction of sp³-hybridized carbons (Fsp3) is 0.515. The van der Waals surface area contributed by atoms with E-state index in [2.05, 4.69) is 74.0 Å². The van der Waals surface area contributed by atoms with Crippen molar-refractivity contribution < 1.29 is 14.3 Å². The molecule has 1 unspecified atom stereocenters. The Hall–Kier alpha value is -3.03. The number of pyridine rings is 2. The van der Waals surface area contributed by atoms with E-state index in [-0.39, 0.29) is 5.91 Å². The number of hydrogen-bond donors (Lipinski definition) is 1. The van der Waals surface area contributed by atoms with Gasteiger partial charge in [0, 0.05) is 18.8 Å². The minimum atomic E-state index is -1.35. The highest BCUT2D eigenvalue weighted by atomic mass is 79.9. The Balaban J connectivity index is 2.13. The number of carbonyl (C=O) groups is 2. The van der Waals surface area contributed by atoms with Crippen molar-refractivity contribution in [1.82, 2.24) is 19.3 Å². The molecule has 0 radical (unpaired) electrons. The number of amides is 2. The van der Waals surface area contributed by atoms with E-state index >= 15 is 0 Å². The van der Waals surface area contributed by atoms with Crippen LogP contribution in [0.25, 0.3) is 16.9 Å². The van der Waals surface area contributed by atoms with Crippen LogP contribution in [0, 0.1) is 18.1 Å². The topological polar surface area (TPSA) is 88.8 Å². The quantitative estimate of drug-likeness (QED) is 0.257. The summed E-state index contributed by atoms with van der Waals surface area (Å²) in [5, 5.41) is 7.78. The van der Waals surface area contributed by atoms with E-state index in [0.717, 1.165) is 22.5 Å². The first-order valence-corrected chi connectivity index (χ1v) is 17.3. The van der Waals surface area contributed by atoms with Crippen molar-refractivity contribution in [2.45, 2.75) is 104 Å². The van der Waals surface area contributed by atoms with Crippen LogP contribution in [0.2, 0.25) is 0 Å². The molecule has 0 aliphatic carbocycles. The van der Waals surface area contributed by atoms with Crippen molar-refractivity contribution in [3.63, 3.8) is 0 Å². The fourth-order valence-electron chi connectivity index (χ4n) is 5.20. The molecule has 1 N–H and O–H groups in total. The van der Waals surface area contributed by atoms with E-state index < -0.39 is 27.8 Å². The van der Waals surface area contributed by atoms with Crippen molar-refractivity contribution in [3.8, 4) is 22.4 Å². The molecule has 3 aromatic rings. The van der Waals surface area contributed by atoms with Gasteiger partial charge in [0.1, 0.15) is 33.4 Å². The monoisotopic (exact) mass is 671 g/mol. The SMILES string of the molecule is Cc1ccn2c(-c3ccc(NC(=O)C(C)N(C)C(=O)OC(C)(C)C)nc3C#CS(C(C)C)(C(C)C)C(C)C)c(Br)nc2c1. The second kappa shape index (κ2) is 13.3. The van der Waals surface area contributed by atoms with E-state index in [0.29, 0.717) is 31.9 Å². The number of halogens is 1. The predicted molar refractivity (Wildman–Crippen MR) is 183 cm³/mol. The highest BCUT2D eigenvalue weighted by Crippen LogP contribution is 2.59. The third-order valence-electron chi connectivity index (χ3n) is 7.47. The number of rotatable bonds is 7. The normalized spacial score (nSPS) is 13.2. The average Bonchev–Trinajstić information content (AvgIpc) is 3.21. The predicted octanol–water partition coefficient (Wildman–Crippen LogP) is 8.00. The Kier molecular flexibility index (Phi) is 10.7. The molecule has 10 heteroatoms. The Morgan fingerprint density at radius 2 is 1.63 bits per heavy atom. The van der Waals surface area contributed by atoms with Gasteiger partial charge >= 0.3 is 6.09 Å². The first-order valence-electron chi connectivity index (χ1n) is 14.6. The van der Waals surface area contributed by atoms with Gasteiger partial charge in [-0.3, -0.25) is 14.1 Å². The maximum Gasteiger partial charge on any atom is 0.410 e. The molecule has 0 aliphatic heterocycles. The van der Waals surface area contributed by atoms with Crippen LogP contribution in [0.15, 0.2) is 35.1 Å². The number of fused-ring (bicyclic) bond motifs is 1. The summed E-state index contributed by atoms with van der Waals surface area (Å²) in [7, 11) is 0.189. The third kappa shape index (κ3) is 7.55. The zero-order chi connectivity index (χ0) is 32.4. The summed E-state index contributed by atoms with van der Waals surface area (Å²) in [5.41, 5.74) is 3.43. The lowest BCUT2D eigenvalue weighted by atomic mass is 10.1. The zero-order valence-corrected chi connectivity index (χ0v) is 29.9. The van der Waals surface area contributed by atoms with Crippen LogP contribution in [0.5, 0.6) is 0 Å². The van der Waals surface area contributed by atoms with E-state index in [1.54, 1.807) is 40.8 Å². The van der Waals surface area contributed by atoms with Gasteiger partial charge in [-0.05, 0) is 107 Å². The minimum Gasteiger partial charge on any atom is -0.444 e. The summed E-state index contributed by atoms with van der Waals surface area (Å²) < 4.78 is 8.13. The van der Waals surface area contributed by atoms with Crippen molar-refractivity contribution in [2.75, 3.05) is 12.4 Å². The summed E-state index contributed by atoms with van der Waals surface area (Å²) in [6.45, 7) is 22.5. The lowest BCUT2D eigenvalue weighted by Crippen LogP contribution is -2.45. The van der Waals surface area contributed by atoms with Crippen LogP contribution in [-0.2, 0) is 9.53 Å². The molecule has 0 bridgehead atoms. The molecule has 3 rings (SSSR count). The van der Waals surface area contributed by atoms with Crippen LogP contribution < -0.4 is 5.32 Å². The second-order valence-corrected chi connectivity index (χ2v) is 18.0. The van der Waals surface area contributed by atoms with Crippen molar-refractivity contribution in [3.05, 3.63) is 46.3 Å². The summed E-state index contributed by atoms with van der Waals surface area (Å²) in [6.07, 6.45) is 1.41. The molecule has 0 aliphatic rings. The van der Waals surface area contributed by atoms with Gasteiger partial charge in [-0.2, -0.15) is 10.0 Å². The van der Waals surface area contributed by atoms with Crippen LogP contribution in [0.4, 0.5) is 10.6 Å². The first kappa shape index (κ1) is 34.5. The molecule has 8 nitrogen and oxygen atoms in total. The molecule has 0 saturated carbocycles. The standard InChI is InChI=1S/C33H46BrN5O3S/c1-20(2)43(21(3)4,22(5)6)18-16-26-25(29-30(34)37-28-19-23(7)15-17-39(28)29)13-14-27(35-26)36-31(40)24(8)38(12)32(41)42-33(9,10)11/h13-15,17,19-22,24H,1-12H3,(H,35,36,40). The molecular formula is C33H46BrN5O3S. The number of aryl methyl sites for hydroxylation is 1. The number of anilines is 1. The van der Waals surface area contributed by atoms with Crippen molar-refractivity contribution in [2.24, 2.45) is 0 Å². The van der Waals surface area contributed by atoms with Gasteiger partial charge in [0.05, 0.1) is 5.69 Å². The molecular weight excluding hydrogens is 626 g/mol. The number of aromatic nitrogens is 3. The second-order valence-electron chi connectivity index (χ2n) is 12.7. The zero-order valence-electron chi connectivity index (χ0n) is 27.5. The lowest BCUT2D eigenvalue weighted by molar-refractivity contribution is -0.120. The van der Waals surface area contributed by atoms with Gasteiger partial charge in [0.2, 0.25) is 5.91 Å². The van der Waals surface area contributed by atoms with Crippen LogP contribution in [-0.4, -0.2) is 65.7 Å². The van der Waals surface area contributed by atoms with E-state index in [4.69, 9.17) is 14.7 Å². The Labute approximate surface area is 266 Å². The van der Waals surface area contributed by atoms with Gasteiger partial charge < -0.3 is 10.1 Å². The first-order chi connectivity index (χ1) is 19.9. The highest BCUT2D eigenvalue weighted by Gasteiger charge is 2.33. The number of carbonyl (C=O) groups excluding carboxylic acids is 2. The molecule has 43 heavy (non-hydrogen) atoms. The summed E-state index contributed by atoms with van der Waals surface area (Å²) in [5.74, 6) is 3.44. The number of imidazole rings is 1. The molecule has 3 heterocycles. The van der Waals surface area contributed by atoms with Gasteiger partial charge in [0.25, 0.3) is 0 Å². The third-order valence-corrected chi connectivity index (χ3v) is 13.2. The van der Waals surface area contributed by atoms with Gasteiger partial charge in [-0.25, -0.2) is 14.8 Å². The van der Waals surface area contributed by atoms with Crippen LogP contribution in [0.3, 0.4) is 0 Å². The largest absolute Gasteiger partial charge is 0.444 e. The highest BCUT2D eigenvalue weighted by molar-refractivity contribution is 9.10. The number of nitrogens with zero attached hydrogens (tertiary/aromatic N) is 4. The van der Waals surface area contributed by atoms with E-state index in [9.17, 15) is 9.59 Å². The lowest BCUT2D eigenvalue weighted by Gasteiger charge is -2.46.